The van der Waals surface area contributed by atoms with Crippen LogP contribution in [-0.2, 0) is 23.0 Å². The van der Waals surface area contributed by atoms with Crippen LogP contribution in [0.5, 0.6) is 0 Å². The molecule has 0 aromatic carbocycles. The number of rotatable bonds is 4. The van der Waals surface area contributed by atoms with E-state index in [4.69, 9.17) is 4.74 Å². The van der Waals surface area contributed by atoms with E-state index in [0.717, 1.165) is 29.7 Å². The highest BCUT2D eigenvalue weighted by Crippen LogP contribution is 2.28. The average molecular weight is 314 g/mol. The van der Waals surface area contributed by atoms with Gasteiger partial charge in [-0.2, -0.15) is 5.10 Å². The Morgan fingerprint density at radius 2 is 2.30 bits per heavy atom. The zero-order valence-corrected chi connectivity index (χ0v) is 13.5. The lowest BCUT2D eigenvalue weighted by molar-refractivity contribution is -0.123. The molecule has 0 radical (unpaired) electrons. The number of aromatic nitrogens is 3. The van der Waals surface area contributed by atoms with E-state index in [-0.39, 0.29) is 18.1 Å². The van der Waals surface area contributed by atoms with Crippen molar-refractivity contribution in [3.63, 3.8) is 0 Å². The fourth-order valence-corrected chi connectivity index (χ4v) is 2.89. The Kier molecular flexibility index (Phi) is 4.71. The summed E-state index contributed by atoms with van der Waals surface area (Å²) in [5, 5.41) is 7.31. The standard InChI is InChI=1S/C17H22N4O2/c1-12-5-6-13(9-18-12)8-16(22)20-15-4-3-7-23-17(15)14-10-19-21(2)11-14/h5-6,9-11,15,17H,3-4,7-8H2,1-2H3,(H,20,22)/t15-,17+/m0/s1. The molecule has 0 unspecified atom stereocenters. The van der Waals surface area contributed by atoms with Crippen LogP contribution < -0.4 is 5.32 Å². The number of ether oxygens (including phenoxy) is 1. The Hall–Kier alpha value is -2.21. The summed E-state index contributed by atoms with van der Waals surface area (Å²) < 4.78 is 7.63. The van der Waals surface area contributed by atoms with Gasteiger partial charge in [0.1, 0.15) is 6.10 Å². The molecule has 3 rings (SSSR count). The van der Waals surface area contributed by atoms with Gasteiger partial charge in [0, 0.05) is 37.3 Å². The van der Waals surface area contributed by atoms with Crippen molar-refractivity contribution in [3.8, 4) is 0 Å². The molecule has 0 saturated carbocycles. The van der Waals surface area contributed by atoms with Crippen molar-refractivity contribution in [3.05, 3.63) is 47.5 Å². The van der Waals surface area contributed by atoms with Crippen molar-refractivity contribution >= 4 is 5.91 Å². The number of hydrogen-bond donors (Lipinski definition) is 1. The monoisotopic (exact) mass is 314 g/mol. The van der Waals surface area contributed by atoms with Crippen molar-refractivity contribution < 1.29 is 9.53 Å². The first-order chi connectivity index (χ1) is 11.1. The van der Waals surface area contributed by atoms with Crippen LogP contribution in [0.3, 0.4) is 0 Å². The number of aryl methyl sites for hydroxylation is 2. The Morgan fingerprint density at radius 1 is 1.43 bits per heavy atom. The van der Waals surface area contributed by atoms with Gasteiger partial charge >= 0.3 is 0 Å². The van der Waals surface area contributed by atoms with Gasteiger partial charge < -0.3 is 10.1 Å². The summed E-state index contributed by atoms with van der Waals surface area (Å²) in [6.45, 7) is 2.65. The number of pyridine rings is 1. The number of hydrogen-bond acceptors (Lipinski definition) is 4. The average Bonchev–Trinajstić information content (AvgIpc) is 2.96. The first-order valence-corrected chi connectivity index (χ1v) is 7.93. The Bertz CT molecular complexity index is 665. The van der Waals surface area contributed by atoms with E-state index in [1.807, 2.05) is 32.3 Å². The molecule has 2 aromatic rings. The number of amides is 1. The van der Waals surface area contributed by atoms with Crippen molar-refractivity contribution in [2.75, 3.05) is 6.61 Å². The summed E-state index contributed by atoms with van der Waals surface area (Å²) >= 11 is 0. The third-order valence-electron chi connectivity index (χ3n) is 4.06. The molecule has 1 aliphatic heterocycles. The molecular weight excluding hydrogens is 292 g/mol. The molecule has 1 amide bonds. The first-order valence-electron chi connectivity index (χ1n) is 7.93. The number of nitrogens with one attached hydrogen (secondary N) is 1. The van der Waals surface area contributed by atoms with Crippen LogP contribution in [-0.4, -0.2) is 33.3 Å². The lowest BCUT2D eigenvalue weighted by Crippen LogP contribution is -2.43. The molecule has 6 heteroatoms. The number of carbonyl (C=O) groups excluding carboxylic acids is 1. The van der Waals surface area contributed by atoms with E-state index >= 15 is 0 Å². The van der Waals surface area contributed by atoms with Gasteiger partial charge in [0.2, 0.25) is 5.91 Å². The second kappa shape index (κ2) is 6.91. The molecule has 122 valence electrons. The van der Waals surface area contributed by atoms with E-state index in [9.17, 15) is 4.79 Å². The zero-order chi connectivity index (χ0) is 16.2. The van der Waals surface area contributed by atoms with Crippen molar-refractivity contribution in [2.45, 2.75) is 38.3 Å². The van der Waals surface area contributed by atoms with Gasteiger partial charge in [0.15, 0.2) is 0 Å². The molecule has 1 saturated heterocycles. The normalized spacial score (nSPS) is 21.1. The predicted octanol–water partition coefficient (Wildman–Crippen LogP) is 1.70. The molecule has 3 heterocycles. The molecular formula is C17H22N4O2. The van der Waals surface area contributed by atoms with E-state index < -0.39 is 0 Å². The molecule has 2 aromatic heterocycles. The fourth-order valence-electron chi connectivity index (χ4n) is 2.89. The summed E-state index contributed by atoms with van der Waals surface area (Å²) in [5.41, 5.74) is 2.88. The topological polar surface area (TPSA) is 69.0 Å². The highest BCUT2D eigenvalue weighted by molar-refractivity contribution is 5.78. The molecule has 23 heavy (non-hydrogen) atoms. The first kappa shape index (κ1) is 15.7. The zero-order valence-electron chi connectivity index (χ0n) is 13.5. The minimum absolute atomic E-state index is 0.0000402. The number of nitrogens with zero attached hydrogens (tertiary/aromatic N) is 3. The molecule has 0 aliphatic carbocycles. The van der Waals surface area contributed by atoms with Gasteiger partial charge in [-0.15, -0.1) is 0 Å². The van der Waals surface area contributed by atoms with Crippen LogP contribution in [0.2, 0.25) is 0 Å². The molecule has 0 bridgehead atoms. The smallest absolute Gasteiger partial charge is 0.224 e. The second-order valence-corrected chi connectivity index (χ2v) is 6.04. The maximum absolute atomic E-state index is 12.3. The summed E-state index contributed by atoms with van der Waals surface area (Å²) in [5.74, 6) is 0.0000402. The lowest BCUT2D eigenvalue weighted by Gasteiger charge is -2.31. The van der Waals surface area contributed by atoms with E-state index in [0.29, 0.717) is 13.0 Å². The van der Waals surface area contributed by atoms with Gasteiger partial charge in [-0.3, -0.25) is 14.5 Å². The molecule has 1 fully saturated rings. The Morgan fingerprint density at radius 3 is 3.00 bits per heavy atom. The maximum Gasteiger partial charge on any atom is 0.224 e. The van der Waals surface area contributed by atoms with Crippen LogP contribution in [0.15, 0.2) is 30.7 Å². The number of carbonyl (C=O) groups is 1. The van der Waals surface area contributed by atoms with Crippen LogP contribution >= 0.6 is 0 Å². The molecule has 2 atom stereocenters. The van der Waals surface area contributed by atoms with Crippen molar-refractivity contribution in [2.24, 2.45) is 7.05 Å². The van der Waals surface area contributed by atoms with Crippen LogP contribution in [0.4, 0.5) is 0 Å². The maximum atomic E-state index is 12.3. The summed E-state index contributed by atoms with van der Waals surface area (Å²) in [4.78, 5) is 16.6. The minimum atomic E-state index is -0.127. The molecule has 1 N–H and O–H groups in total. The third-order valence-corrected chi connectivity index (χ3v) is 4.06. The lowest BCUT2D eigenvalue weighted by atomic mass is 9.98. The van der Waals surface area contributed by atoms with Gasteiger partial charge in [0.25, 0.3) is 0 Å². The Labute approximate surface area is 135 Å². The van der Waals surface area contributed by atoms with Crippen LogP contribution in [0.25, 0.3) is 0 Å². The van der Waals surface area contributed by atoms with E-state index in [1.165, 1.54) is 0 Å². The van der Waals surface area contributed by atoms with Gasteiger partial charge in [-0.05, 0) is 31.4 Å². The van der Waals surface area contributed by atoms with Crippen molar-refractivity contribution in [1.29, 1.82) is 0 Å². The molecule has 1 aliphatic rings. The van der Waals surface area contributed by atoms with Crippen molar-refractivity contribution in [1.82, 2.24) is 20.1 Å². The van der Waals surface area contributed by atoms with Crippen LogP contribution in [0.1, 0.15) is 35.8 Å². The SMILES string of the molecule is Cc1ccc(CC(=O)N[C@H]2CCCO[C@@H]2c2cnn(C)c2)cn1. The summed E-state index contributed by atoms with van der Waals surface area (Å²) in [6, 6.07) is 3.85. The fraction of sp³-hybridized carbons (Fsp3) is 0.471. The van der Waals surface area contributed by atoms with E-state index in [2.05, 4.69) is 15.4 Å². The highest BCUT2D eigenvalue weighted by atomic mass is 16.5. The molecule has 6 nitrogen and oxygen atoms in total. The van der Waals surface area contributed by atoms with Gasteiger partial charge in [-0.25, -0.2) is 0 Å². The van der Waals surface area contributed by atoms with E-state index in [1.54, 1.807) is 17.1 Å². The minimum Gasteiger partial charge on any atom is -0.371 e. The van der Waals surface area contributed by atoms with Gasteiger partial charge in [0.05, 0.1) is 18.7 Å². The van der Waals surface area contributed by atoms with Gasteiger partial charge in [-0.1, -0.05) is 6.07 Å². The quantitative estimate of drug-likeness (QED) is 0.932. The summed E-state index contributed by atoms with van der Waals surface area (Å²) in [6.07, 6.45) is 7.58. The highest BCUT2D eigenvalue weighted by Gasteiger charge is 2.29. The largest absolute Gasteiger partial charge is 0.371 e. The Balaban J connectivity index is 1.64. The molecule has 0 spiro atoms. The summed E-state index contributed by atoms with van der Waals surface area (Å²) in [7, 11) is 1.88. The predicted molar refractivity (Wildman–Crippen MR) is 85.7 cm³/mol. The second-order valence-electron chi connectivity index (χ2n) is 6.04. The third kappa shape index (κ3) is 3.96. The van der Waals surface area contributed by atoms with Crippen LogP contribution in [0, 0.1) is 6.92 Å².